The first-order valence-electron chi connectivity index (χ1n) is 11.7. The highest BCUT2D eigenvalue weighted by atomic mass is 16.5. The number of hydrogen-bond donors (Lipinski definition) is 0. The Labute approximate surface area is 208 Å². The summed E-state index contributed by atoms with van der Waals surface area (Å²) in [6, 6.07) is 18.5. The van der Waals surface area contributed by atoms with Crippen molar-refractivity contribution in [3.05, 3.63) is 89.0 Å². The molecule has 1 atom stereocenters. The van der Waals surface area contributed by atoms with Gasteiger partial charge in [-0.1, -0.05) is 18.2 Å². The predicted molar refractivity (Wildman–Crippen MR) is 133 cm³/mol. The van der Waals surface area contributed by atoms with Gasteiger partial charge in [0.25, 0.3) is 17.7 Å². The molecule has 0 saturated heterocycles. The molecule has 0 saturated carbocycles. The molecule has 3 amide bonds. The van der Waals surface area contributed by atoms with Crippen molar-refractivity contribution in [1.29, 1.82) is 0 Å². The van der Waals surface area contributed by atoms with Crippen molar-refractivity contribution >= 4 is 35.1 Å². The van der Waals surface area contributed by atoms with Crippen LogP contribution in [0.1, 0.15) is 50.5 Å². The first-order chi connectivity index (χ1) is 17.4. The molecule has 3 aromatic carbocycles. The molecule has 0 aromatic heterocycles. The van der Waals surface area contributed by atoms with Crippen molar-refractivity contribution in [2.24, 2.45) is 0 Å². The minimum Gasteiger partial charge on any atom is -0.494 e. The average molecular weight is 485 g/mol. The van der Waals surface area contributed by atoms with Crippen molar-refractivity contribution in [2.75, 3.05) is 23.0 Å². The molecule has 3 aromatic rings. The van der Waals surface area contributed by atoms with Crippen LogP contribution >= 0.6 is 0 Å². The molecule has 36 heavy (non-hydrogen) atoms. The molecule has 182 valence electrons. The number of fused-ring (bicyclic) bond motifs is 2. The van der Waals surface area contributed by atoms with Crippen LogP contribution in [0.15, 0.2) is 66.7 Å². The molecule has 0 unspecified atom stereocenters. The van der Waals surface area contributed by atoms with Crippen molar-refractivity contribution in [1.82, 2.24) is 0 Å². The van der Waals surface area contributed by atoms with Crippen LogP contribution in [-0.4, -0.2) is 42.9 Å². The monoisotopic (exact) mass is 484 g/mol. The summed E-state index contributed by atoms with van der Waals surface area (Å²) in [5.74, 6) is -1.45. The van der Waals surface area contributed by atoms with E-state index < -0.39 is 23.9 Å². The number of esters is 1. The van der Waals surface area contributed by atoms with Crippen LogP contribution in [0.3, 0.4) is 0 Å². The minimum absolute atomic E-state index is 0.0879. The van der Waals surface area contributed by atoms with Gasteiger partial charge in [0.1, 0.15) is 5.75 Å². The van der Waals surface area contributed by atoms with Gasteiger partial charge in [-0.25, -0.2) is 9.69 Å². The first-order valence-corrected chi connectivity index (χ1v) is 11.7. The summed E-state index contributed by atoms with van der Waals surface area (Å²) >= 11 is 0. The molecule has 0 radical (unpaired) electrons. The van der Waals surface area contributed by atoms with Crippen LogP contribution in [0.5, 0.6) is 5.75 Å². The Morgan fingerprint density at radius 1 is 0.944 bits per heavy atom. The summed E-state index contributed by atoms with van der Waals surface area (Å²) in [6.45, 7) is 4.41. The van der Waals surface area contributed by atoms with Gasteiger partial charge in [0.15, 0.2) is 6.10 Å². The fourth-order valence-electron chi connectivity index (χ4n) is 4.53. The molecular formula is C28H24N2O6. The third kappa shape index (κ3) is 4.00. The van der Waals surface area contributed by atoms with E-state index in [0.29, 0.717) is 24.6 Å². The molecule has 0 spiro atoms. The Morgan fingerprint density at radius 2 is 1.67 bits per heavy atom. The predicted octanol–water partition coefficient (Wildman–Crippen LogP) is 4.02. The molecule has 0 aliphatic carbocycles. The maximum atomic E-state index is 13.1. The van der Waals surface area contributed by atoms with E-state index in [-0.39, 0.29) is 22.6 Å². The molecule has 2 heterocycles. The topological polar surface area (TPSA) is 93.2 Å². The number of anilines is 2. The van der Waals surface area contributed by atoms with Gasteiger partial charge >= 0.3 is 5.97 Å². The maximum Gasteiger partial charge on any atom is 0.338 e. The highest BCUT2D eigenvalue weighted by molar-refractivity contribution is 6.34. The largest absolute Gasteiger partial charge is 0.494 e. The van der Waals surface area contributed by atoms with E-state index in [0.717, 1.165) is 22.6 Å². The lowest BCUT2D eigenvalue weighted by Gasteiger charge is -2.21. The van der Waals surface area contributed by atoms with Gasteiger partial charge in [-0.3, -0.25) is 14.4 Å². The van der Waals surface area contributed by atoms with E-state index in [2.05, 4.69) is 0 Å². The standard InChI is InChI=1S/C28H24N2O6/c1-3-35-21-11-9-20(10-12-21)30-26(32)22-13-8-19(16-23(22)27(30)33)28(34)36-17(2)25(31)29-15-14-18-6-4-5-7-24(18)29/h4-13,16-17H,3,14-15H2,1-2H3/t17-/m1/s1. The summed E-state index contributed by atoms with van der Waals surface area (Å²) in [5, 5.41) is 0. The fraction of sp³-hybridized carbons (Fsp3) is 0.214. The van der Waals surface area contributed by atoms with Crippen molar-refractivity contribution < 1.29 is 28.7 Å². The number of imide groups is 1. The number of amides is 3. The van der Waals surface area contributed by atoms with Crippen molar-refractivity contribution in [2.45, 2.75) is 26.4 Å². The van der Waals surface area contributed by atoms with Crippen molar-refractivity contribution in [3.63, 3.8) is 0 Å². The van der Waals surface area contributed by atoms with Gasteiger partial charge in [0.05, 0.1) is 29.0 Å². The SMILES string of the molecule is CCOc1ccc(N2C(=O)c3ccc(C(=O)O[C@H](C)C(=O)N4CCc5ccccc54)cc3C2=O)cc1. The van der Waals surface area contributed by atoms with Gasteiger partial charge in [-0.05, 0) is 74.4 Å². The highest BCUT2D eigenvalue weighted by Gasteiger charge is 2.37. The third-order valence-corrected chi connectivity index (χ3v) is 6.31. The number of carbonyl (C=O) groups is 4. The molecule has 0 bridgehead atoms. The molecule has 2 aliphatic heterocycles. The number of rotatable bonds is 6. The smallest absolute Gasteiger partial charge is 0.338 e. The number of nitrogens with zero attached hydrogens (tertiary/aromatic N) is 2. The summed E-state index contributed by atoms with van der Waals surface area (Å²) in [6.07, 6.45) is -0.274. The Morgan fingerprint density at radius 3 is 2.42 bits per heavy atom. The van der Waals surface area contributed by atoms with Crippen LogP contribution in [0.4, 0.5) is 11.4 Å². The summed E-state index contributed by atoms with van der Waals surface area (Å²) < 4.78 is 10.9. The average Bonchev–Trinajstić information content (AvgIpc) is 3.43. The van der Waals surface area contributed by atoms with Gasteiger partial charge in [0.2, 0.25) is 0 Å². The minimum atomic E-state index is -1.02. The summed E-state index contributed by atoms with van der Waals surface area (Å²) in [7, 11) is 0. The molecule has 5 rings (SSSR count). The maximum absolute atomic E-state index is 13.1. The number of carbonyl (C=O) groups excluding carboxylic acids is 4. The second-order valence-electron chi connectivity index (χ2n) is 8.55. The zero-order chi connectivity index (χ0) is 25.4. The van der Waals surface area contributed by atoms with Crippen LogP contribution < -0.4 is 14.5 Å². The van der Waals surface area contributed by atoms with E-state index in [1.807, 2.05) is 31.2 Å². The Hall–Kier alpha value is -4.46. The zero-order valence-electron chi connectivity index (χ0n) is 19.9. The number of hydrogen-bond acceptors (Lipinski definition) is 6. The van der Waals surface area contributed by atoms with Gasteiger partial charge in [-0.15, -0.1) is 0 Å². The van der Waals surface area contributed by atoms with Gasteiger partial charge < -0.3 is 14.4 Å². The van der Waals surface area contributed by atoms with Crippen LogP contribution in [0.25, 0.3) is 0 Å². The van der Waals surface area contributed by atoms with Crippen LogP contribution in [-0.2, 0) is 16.0 Å². The normalized spacial score (nSPS) is 14.9. The molecule has 0 N–H and O–H groups in total. The van der Waals surface area contributed by atoms with Gasteiger partial charge in [-0.2, -0.15) is 0 Å². The molecule has 0 fully saturated rings. The second-order valence-corrected chi connectivity index (χ2v) is 8.55. The van der Waals surface area contributed by atoms with Crippen LogP contribution in [0.2, 0.25) is 0 Å². The lowest BCUT2D eigenvalue weighted by molar-refractivity contribution is -0.126. The highest BCUT2D eigenvalue weighted by Crippen LogP contribution is 2.31. The Bertz CT molecular complexity index is 1380. The van der Waals surface area contributed by atoms with E-state index >= 15 is 0 Å². The van der Waals surface area contributed by atoms with Crippen LogP contribution in [0, 0.1) is 0 Å². The quantitative estimate of drug-likeness (QED) is 0.388. The fourth-order valence-corrected chi connectivity index (χ4v) is 4.53. The number of benzene rings is 3. The number of ether oxygens (including phenoxy) is 2. The Kier molecular flexibility index (Phi) is 6.01. The number of para-hydroxylation sites is 1. The van der Waals surface area contributed by atoms with E-state index in [9.17, 15) is 19.2 Å². The first kappa shape index (κ1) is 23.3. The second kappa shape index (κ2) is 9.30. The lowest BCUT2D eigenvalue weighted by Crippen LogP contribution is -2.39. The summed E-state index contributed by atoms with van der Waals surface area (Å²) in [5.41, 5.74) is 2.69. The third-order valence-electron chi connectivity index (χ3n) is 6.31. The van der Waals surface area contributed by atoms with E-state index in [1.54, 1.807) is 29.2 Å². The van der Waals surface area contributed by atoms with Gasteiger partial charge in [0, 0.05) is 12.2 Å². The molecular weight excluding hydrogens is 460 g/mol. The zero-order valence-corrected chi connectivity index (χ0v) is 19.9. The van der Waals surface area contributed by atoms with E-state index in [4.69, 9.17) is 9.47 Å². The lowest BCUT2D eigenvalue weighted by atomic mass is 10.1. The van der Waals surface area contributed by atoms with E-state index in [1.165, 1.54) is 25.1 Å². The molecule has 8 heteroatoms. The molecule has 2 aliphatic rings. The summed E-state index contributed by atoms with van der Waals surface area (Å²) in [4.78, 5) is 54.5. The molecule has 8 nitrogen and oxygen atoms in total. The Balaban J connectivity index is 1.31. The van der Waals surface area contributed by atoms with Crippen molar-refractivity contribution in [3.8, 4) is 5.75 Å².